The average molecular weight is 355 g/mol. The molecular weight excluding hydrogens is 324 g/mol. The van der Waals surface area contributed by atoms with Gasteiger partial charge in [-0.05, 0) is 36.2 Å². The fourth-order valence-corrected chi connectivity index (χ4v) is 5.57. The van der Waals surface area contributed by atoms with Gasteiger partial charge in [-0.25, -0.2) is 0 Å². The van der Waals surface area contributed by atoms with Crippen molar-refractivity contribution in [3.05, 3.63) is 71.8 Å². The Kier molecular flexibility index (Phi) is 4.47. The quantitative estimate of drug-likeness (QED) is 0.666. The van der Waals surface area contributed by atoms with Gasteiger partial charge in [0, 0.05) is 0 Å². The van der Waals surface area contributed by atoms with Gasteiger partial charge in [0.15, 0.2) is 8.32 Å². The van der Waals surface area contributed by atoms with E-state index in [4.69, 9.17) is 9.16 Å². The van der Waals surface area contributed by atoms with E-state index in [2.05, 4.69) is 101 Å². The van der Waals surface area contributed by atoms with Crippen LogP contribution in [-0.4, -0.2) is 20.5 Å². The lowest BCUT2D eigenvalue weighted by Gasteiger charge is -2.65. The van der Waals surface area contributed by atoms with Crippen molar-refractivity contribution in [1.82, 2.24) is 0 Å². The predicted octanol–water partition coefficient (Wildman–Crippen LogP) is 5.60. The van der Waals surface area contributed by atoms with Crippen LogP contribution in [0.5, 0.6) is 0 Å². The van der Waals surface area contributed by atoms with Crippen molar-refractivity contribution in [2.24, 2.45) is 5.41 Å². The maximum Gasteiger partial charge on any atom is 0.184 e. The topological polar surface area (TPSA) is 18.5 Å². The van der Waals surface area contributed by atoms with Gasteiger partial charge in [0.2, 0.25) is 0 Å². The smallest absolute Gasteiger partial charge is 0.184 e. The lowest BCUT2D eigenvalue weighted by atomic mass is 9.58. The van der Waals surface area contributed by atoms with Crippen LogP contribution in [0.4, 0.5) is 0 Å². The van der Waals surface area contributed by atoms with Crippen molar-refractivity contribution in [2.45, 2.75) is 51.6 Å². The lowest BCUT2D eigenvalue weighted by molar-refractivity contribution is -0.321. The summed E-state index contributed by atoms with van der Waals surface area (Å²) in [5.74, 6) is 0. The Bertz CT molecular complexity index is 674. The third-order valence-corrected chi connectivity index (χ3v) is 6.07. The van der Waals surface area contributed by atoms with Crippen molar-refractivity contribution in [2.75, 3.05) is 6.61 Å². The van der Waals surface area contributed by atoms with Crippen LogP contribution in [0.15, 0.2) is 60.7 Å². The van der Waals surface area contributed by atoms with Gasteiger partial charge in [-0.1, -0.05) is 81.4 Å². The third-order valence-electron chi connectivity index (χ3n) is 5.11. The number of hydrogen-bond acceptors (Lipinski definition) is 2. The molecule has 2 aromatic rings. The first-order valence-corrected chi connectivity index (χ1v) is 12.5. The Morgan fingerprint density at radius 2 is 1.28 bits per heavy atom. The molecule has 1 aliphatic rings. The Hall–Kier alpha value is -1.42. The molecule has 0 N–H and O–H groups in total. The molecule has 25 heavy (non-hydrogen) atoms. The Balaban J connectivity index is 2.28. The van der Waals surface area contributed by atoms with Gasteiger partial charge in [-0.3, -0.25) is 0 Å². The van der Waals surface area contributed by atoms with E-state index in [1.807, 2.05) is 0 Å². The summed E-state index contributed by atoms with van der Waals surface area (Å²) < 4.78 is 13.4. The van der Waals surface area contributed by atoms with Crippen molar-refractivity contribution in [3.8, 4) is 0 Å². The van der Waals surface area contributed by atoms with Gasteiger partial charge >= 0.3 is 0 Å². The molecule has 1 atom stereocenters. The van der Waals surface area contributed by atoms with Gasteiger partial charge in [0.05, 0.1) is 6.61 Å². The van der Waals surface area contributed by atoms with Gasteiger partial charge < -0.3 is 9.16 Å². The van der Waals surface area contributed by atoms with Crippen LogP contribution in [0, 0.1) is 5.41 Å². The summed E-state index contributed by atoms with van der Waals surface area (Å²) in [6.45, 7) is 14.2. The second-order valence-electron chi connectivity index (χ2n) is 8.99. The van der Waals surface area contributed by atoms with Crippen LogP contribution < -0.4 is 0 Å². The van der Waals surface area contributed by atoms with Crippen molar-refractivity contribution in [3.63, 3.8) is 0 Å². The summed E-state index contributed by atoms with van der Waals surface area (Å²) in [7, 11) is -1.81. The minimum Gasteiger partial charge on any atom is -0.406 e. The van der Waals surface area contributed by atoms with Crippen LogP contribution in [0.2, 0.25) is 19.6 Å². The van der Waals surface area contributed by atoms with E-state index in [0.29, 0.717) is 6.61 Å². The first-order valence-electron chi connectivity index (χ1n) is 9.08. The van der Waals surface area contributed by atoms with E-state index >= 15 is 0 Å². The van der Waals surface area contributed by atoms with E-state index in [9.17, 15) is 0 Å². The summed E-state index contributed by atoms with van der Waals surface area (Å²) >= 11 is 0. The van der Waals surface area contributed by atoms with Gasteiger partial charge in [0.1, 0.15) is 11.2 Å². The highest BCUT2D eigenvalue weighted by molar-refractivity contribution is 6.69. The summed E-state index contributed by atoms with van der Waals surface area (Å²) in [5.41, 5.74) is 1.29. The lowest BCUT2D eigenvalue weighted by Crippen LogP contribution is -2.75. The van der Waals surface area contributed by atoms with Gasteiger partial charge in [-0.2, -0.15) is 0 Å². The molecule has 3 heteroatoms. The third kappa shape index (κ3) is 2.88. The maximum absolute atomic E-state index is 6.96. The Morgan fingerprint density at radius 1 is 0.840 bits per heavy atom. The molecule has 0 amide bonds. The Morgan fingerprint density at radius 3 is 1.56 bits per heavy atom. The van der Waals surface area contributed by atoms with Crippen molar-refractivity contribution < 1.29 is 9.16 Å². The molecule has 0 aromatic heterocycles. The molecule has 1 saturated heterocycles. The maximum atomic E-state index is 6.96. The number of benzene rings is 2. The molecule has 3 rings (SSSR count). The fraction of sp³-hybridized carbons (Fsp3) is 0.455. The van der Waals surface area contributed by atoms with Gasteiger partial charge in [0.25, 0.3) is 0 Å². The van der Waals surface area contributed by atoms with Crippen LogP contribution in [0.3, 0.4) is 0 Å². The molecule has 2 aromatic carbocycles. The summed E-state index contributed by atoms with van der Waals surface area (Å²) in [4.78, 5) is 0. The molecule has 1 aliphatic heterocycles. The molecule has 134 valence electrons. The number of hydrogen-bond donors (Lipinski definition) is 0. The Labute approximate surface area is 153 Å². The highest BCUT2D eigenvalue weighted by Gasteiger charge is 2.69. The SMILES string of the molecule is CC(C)(C)C1(O[Si](C)(C)C)COC1(c1ccccc1)c1ccccc1. The first kappa shape index (κ1) is 18.4. The molecule has 1 fully saturated rings. The van der Waals surface area contributed by atoms with Crippen molar-refractivity contribution in [1.29, 1.82) is 0 Å². The minimum atomic E-state index is -1.81. The second-order valence-corrected chi connectivity index (χ2v) is 13.4. The minimum absolute atomic E-state index is 0.0722. The van der Waals surface area contributed by atoms with E-state index in [1.54, 1.807) is 0 Å². The predicted molar refractivity (Wildman–Crippen MR) is 106 cm³/mol. The molecule has 0 aliphatic carbocycles. The second kappa shape index (κ2) is 6.08. The van der Waals surface area contributed by atoms with Crippen LogP contribution in [0.1, 0.15) is 31.9 Å². The fourth-order valence-electron chi connectivity index (χ4n) is 4.01. The first-order chi connectivity index (χ1) is 11.6. The van der Waals surface area contributed by atoms with Gasteiger partial charge in [-0.15, -0.1) is 0 Å². The molecule has 2 nitrogen and oxygen atoms in total. The van der Waals surface area contributed by atoms with Crippen LogP contribution >= 0.6 is 0 Å². The number of rotatable bonds is 4. The summed E-state index contributed by atoms with van der Waals surface area (Å²) in [6.07, 6.45) is 0. The van der Waals surface area contributed by atoms with Crippen LogP contribution in [0.25, 0.3) is 0 Å². The molecule has 1 heterocycles. The molecule has 0 radical (unpaired) electrons. The van der Waals surface area contributed by atoms with Crippen LogP contribution in [-0.2, 0) is 14.8 Å². The summed E-state index contributed by atoms with van der Waals surface area (Å²) in [5, 5.41) is 0. The zero-order chi connectivity index (χ0) is 18.3. The van der Waals surface area contributed by atoms with E-state index in [-0.39, 0.29) is 5.41 Å². The zero-order valence-electron chi connectivity index (χ0n) is 16.3. The molecule has 0 saturated carbocycles. The molecule has 0 bridgehead atoms. The average Bonchev–Trinajstić information content (AvgIpc) is 2.52. The van der Waals surface area contributed by atoms with E-state index in [0.717, 1.165) is 0 Å². The molecular formula is C22H30O2Si. The monoisotopic (exact) mass is 354 g/mol. The molecule has 1 unspecified atom stereocenters. The van der Waals surface area contributed by atoms with Crippen molar-refractivity contribution >= 4 is 8.32 Å². The highest BCUT2D eigenvalue weighted by Crippen LogP contribution is 2.60. The van der Waals surface area contributed by atoms with E-state index < -0.39 is 19.5 Å². The number of ether oxygens (including phenoxy) is 1. The normalized spacial score (nSPS) is 23.1. The zero-order valence-corrected chi connectivity index (χ0v) is 17.3. The highest BCUT2D eigenvalue weighted by atomic mass is 28.4. The van der Waals surface area contributed by atoms with E-state index in [1.165, 1.54) is 11.1 Å². The molecule has 0 spiro atoms. The standard InChI is InChI=1S/C22H30O2Si/c1-20(2,3)21(24-25(4,5)6)17-23-22(21,18-13-9-7-10-14-18)19-15-11-8-12-16-19/h7-16H,17H2,1-6H3. The summed E-state index contributed by atoms with van der Waals surface area (Å²) in [6, 6.07) is 21.1. The largest absolute Gasteiger partial charge is 0.406 e.